The summed E-state index contributed by atoms with van der Waals surface area (Å²) in [7, 11) is -3.67. The van der Waals surface area contributed by atoms with Gasteiger partial charge in [-0.25, -0.2) is 8.42 Å². The van der Waals surface area contributed by atoms with Gasteiger partial charge in [-0.2, -0.15) is 0 Å². The molecule has 1 heterocycles. The van der Waals surface area contributed by atoms with Crippen LogP contribution in [-0.2, 0) is 21.2 Å². The first kappa shape index (κ1) is 18.3. The van der Waals surface area contributed by atoms with E-state index in [1.165, 1.54) is 12.1 Å². The van der Waals surface area contributed by atoms with Crippen molar-refractivity contribution >= 4 is 43.2 Å². The lowest BCUT2D eigenvalue weighted by Gasteiger charge is -2.08. The number of rotatable bonds is 5. The standard InChI is InChI=1S/C22H20N2O3S/c1-2-24-20-11-7-6-10-18(20)19-14-16(12-13-21(19)24)23-22(25)15-28(26,27)17-8-4-3-5-9-17/h3-14H,2,15H2,1H3,(H,23,25). The molecule has 0 radical (unpaired) electrons. The predicted molar refractivity (Wildman–Crippen MR) is 112 cm³/mol. The van der Waals surface area contributed by atoms with E-state index in [9.17, 15) is 13.2 Å². The molecule has 0 bridgehead atoms. The molecule has 4 aromatic rings. The van der Waals surface area contributed by atoms with Crippen LogP contribution in [0.1, 0.15) is 6.92 Å². The lowest BCUT2D eigenvalue weighted by Crippen LogP contribution is -2.23. The largest absolute Gasteiger partial charge is 0.341 e. The van der Waals surface area contributed by atoms with Crippen LogP contribution in [0.2, 0.25) is 0 Å². The zero-order chi connectivity index (χ0) is 19.7. The first-order valence-electron chi connectivity index (χ1n) is 9.08. The summed E-state index contributed by atoms with van der Waals surface area (Å²) in [4.78, 5) is 12.5. The molecule has 3 aromatic carbocycles. The zero-order valence-electron chi connectivity index (χ0n) is 15.4. The number of benzene rings is 3. The second-order valence-corrected chi connectivity index (χ2v) is 8.60. The highest BCUT2D eigenvalue weighted by Crippen LogP contribution is 2.31. The van der Waals surface area contributed by atoms with Crippen LogP contribution in [0, 0.1) is 0 Å². The average Bonchev–Trinajstić information content (AvgIpc) is 3.01. The lowest BCUT2D eigenvalue weighted by molar-refractivity contribution is -0.113. The van der Waals surface area contributed by atoms with Gasteiger partial charge in [0.2, 0.25) is 5.91 Å². The lowest BCUT2D eigenvalue weighted by atomic mass is 10.1. The van der Waals surface area contributed by atoms with Crippen LogP contribution in [0.4, 0.5) is 5.69 Å². The maximum Gasteiger partial charge on any atom is 0.239 e. The van der Waals surface area contributed by atoms with Gasteiger partial charge in [0.15, 0.2) is 9.84 Å². The summed E-state index contributed by atoms with van der Waals surface area (Å²) in [6, 6.07) is 21.8. The van der Waals surface area contributed by atoms with Crippen LogP contribution in [0.25, 0.3) is 21.8 Å². The molecule has 0 aliphatic carbocycles. The first-order valence-corrected chi connectivity index (χ1v) is 10.7. The molecule has 0 unspecified atom stereocenters. The van der Waals surface area contributed by atoms with Crippen molar-refractivity contribution in [1.82, 2.24) is 4.57 Å². The van der Waals surface area contributed by atoms with Gasteiger partial charge < -0.3 is 9.88 Å². The van der Waals surface area contributed by atoms with Gasteiger partial charge in [-0.15, -0.1) is 0 Å². The van der Waals surface area contributed by atoms with Gasteiger partial charge >= 0.3 is 0 Å². The van der Waals surface area contributed by atoms with Gasteiger partial charge in [-0.1, -0.05) is 36.4 Å². The van der Waals surface area contributed by atoms with Crippen molar-refractivity contribution in [2.75, 3.05) is 11.1 Å². The molecule has 5 nitrogen and oxygen atoms in total. The second-order valence-electron chi connectivity index (χ2n) is 6.61. The number of anilines is 1. The molecule has 0 aliphatic rings. The number of amides is 1. The molecular formula is C22H20N2O3S. The molecule has 6 heteroatoms. The van der Waals surface area contributed by atoms with Crippen molar-refractivity contribution in [2.45, 2.75) is 18.4 Å². The summed E-state index contributed by atoms with van der Waals surface area (Å²) in [5.41, 5.74) is 2.80. The van der Waals surface area contributed by atoms with E-state index >= 15 is 0 Å². The minimum atomic E-state index is -3.67. The average molecular weight is 392 g/mol. The van der Waals surface area contributed by atoms with Gasteiger partial charge in [0.1, 0.15) is 5.75 Å². The number of carbonyl (C=O) groups is 1. The molecule has 0 spiro atoms. The number of hydrogen-bond acceptors (Lipinski definition) is 3. The van der Waals surface area contributed by atoms with Gasteiger partial charge in [0, 0.05) is 34.0 Å². The Morgan fingerprint density at radius 2 is 1.57 bits per heavy atom. The zero-order valence-corrected chi connectivity index (χ0v) is 16.2. The molecule has 1 amide bonds. The highest BCUT2D eigenvalue weighted by molar-refractivity contribution is 7.92. The number of carbonyl (C=O) groups excluding carboxylic acids is 1. The second kappa shape index (κ2) is 7.13. The summed E-state index contributed by atoms with van der Waals surface area (Å²) >= 11 is 0. The van der Waals surface area contributed by atoms with Crippen molar-refractivity contribution in [2.24, 2.45) is 0 Å². The summed E-state index contributed by atoms with van der Waals surface area (Å²) in [5.74, 6) is -1.14. The summed E-state index contributed by atoms with van der Waals surface area (Å²) in [6.45, 7) is 2.93. The van der Waals surface area contributed by atoms with Crippen molar-refractivity contribution in [3.8, 4) is 0 Å². The number of para-hydroxylation sites is 1. The summed E-state index contributed by atoms with van der Waals surface area (Å²) < 4.78 is 27.0. The molecule has 1 N–H and O–H groups in total. The molecule has 142 valence electrons. The number of hydrogen-bond donors (Lipinski definition) is 1. The normalized spacial score (nSPS) is 11.8. The molecule has 0 saturated heterocycles. The van der Waals surface area contributed by atoms with E-state index < -0.39 is 21.5 Å². The van der Waals surface area contributed by atoms with Crippen molar-refractivity contribution in [3.05, 3.63) is 72.8 Å². The summed E-state index contributed by atoms with van der Waals surface area (Å²) in [5, 5.41) is 4.86. The fourth-order valence-corrected chi connectivity index (χ4v) is 4.71. The number of aromatic nitrogens is 1. The molecule has 1 aromatic heterocycles. The third-order valence-corrected chi connectivity index (χ3v) is 6.43. The SMILES string of the molecule is CCn1c2ccccc2c2cc(NC(=O)CS(=O)(=O)c3ccccc3)ccc21. The molecule has 0 aliphatic heterocycles. The fourth-order valence-electron chi connectivity index (χ4n) is 3.55. The van der Waals surface area contributed by atoms with Gasteiger partial charge in [0.25, 0.3) is 0 Å². The van der Waals surface area contributed by atoms with E-state index in [0.29, 0.717) is 5.69 Å². The van der Waals surface area contributed by atoms with Crippen LogP contribution in [0.5, 0.6) is 0 Å². The Kier molecular flexibility index (Phi) is 4.65. The minimum Gasteiger partial charge on any atom is -0.341 e. The maximum atomic E-state index is 12.4. The molecule has 0 atom stereocenters. The maximum absolute atomic E-state index is 12.4. The van der Waals surface area contributed by atoms with E-state index in [2.05, 4.69) is 28.9 Å². The number of nitrogens with zero attached hydrogens (tertiary/aromatic N) is 1. The monoisotopic (exact) mass is 392 g/mol. The highest BCUT2D eigenvalue weighted by Gasteiger charge is 2.19. The molecule has 4 rings (SSSR count). The predicted octanol–water partition coefficient (Wildman–Crippen LogP) is 4.23. The van der Waals surface area contributed by atoms with E-state index in [1.807, 2.05) is 24.3 Å². The van der Waals surface area contributed by atoms with Crippen molar-refractivity contribution in [1.29, 1.82) is 0 Å². The molecule has 28 heavy (non-hydrogen) atoms. The molecule has 0 fully saturated rings. The minimum absolute atomic E-state index is 0.145. The van der Waals surface area contributed by atoms with Crippen LogP contribution < -0.4 is 5.32 Å². The van der Waals surface area contributed by atoms with E-state index in [1.54, 1.807) is 24.3 Å². The quantitative estimate of drug-likeness (QED) is 0.553. The molecule has 0 saturated carbocycles. The van der Waals surface area contributed by atoms with E-state index in [-0.39, 0.29) is 4.90 Å². The summed E-state index contributed by atoms with van der Waals surface area (Å²) in [6.07, 6.45) is 0. The van der Waals surface area contributed by atoms with Crippen LogP contribution >= 0.6 is 0 Å². The van der Waals surface area contributed by atoms with Crippen molar-refractivity contribution in [3.63, 3.8) is 0 Å². The van der Waals surface area contributed by atoms with Gasteiger partial charge in [0.05, 0.1) is 4.90 Å². The Balaban J connectivity index is 1.63. The van der Waals surface area contributed by atoms with E-state index in [4.69, 9.17) is 0 Å². The number of sulfone groups is 1. The Morgan fingerprint density at radius 1 is 0.893 bits per heavy atom. The Labute approximate surface area is 163 Å². The Bertz CT molecular complexity index is 1280. The van der Waals surface area contributed by atoms with E-state index in [0.717, 1.165) is 28.4 Å². The Morgan fingerprint density at radius 3 is 2.32 bits per heavy atom. The van der Waals surface area contributed by atoms with Gasteiger partial charge in [-0.05, 0) is 43.3 Å². The third kappa shape index (κ3) is 3.27. The van der Waals surface area contributed by atoms with Crippen LogP contribution in [0.15, 0.2) is 77.7 Å². The van der Waals surface area contributed by atoms with Gasteiger partial charge in [-0.3, -0.25) is 4.79 Å². The first-order chi connectivity index (χ1) is 13.5. The number of nitrogens with one attached hydrogen (secondary N) is 1. The Hall–Kier alpha value is -3.12. The number of aryl methyl sites for hydroxylation is 1. The topological polar surface area (TPSA) is 68.2 Å². The van der Waals surface area contributed by atoms with Crippen molar-refractivity contribution < 1.29 is 13.2 Å². The number of fused-ring (bicyclic) bond motifs is 3. The fraction of sp³-hybridized carbons (Fsp3) is 0.136. The molecular weight excluding hydrogens is 372 g/mol. The third-order valence-electron chi connectivity index (χ3n) is 4.80. The smallest absolute Gasteiger partial charge is 0.239 e. The van der Waals surface area contributed by atoms with Crippen LogP contribution in [-0.4, -0.2) is 24.6 Å². The highest BCUT2D eigenvalue weighted by atomic mass is 32.2. The van der Waals surface area contributed by atoms with Crippen LogP contribution in [0.3, 0.4) is 0 Å².